The predicted molar refractivity (Wildman–Crippen MR) is 96.8 cm³/mol. The Morgan fingerprint density at radius 3 is 2.46 bits per heavy atom. The van der Waals surface area contributed by atoms with E-state index in [1.54, 1.807) is 11.8 Å². The first-order chi connectivity index (χ1) is 11.6. The van der Waals surface area contributed by atoms with Gasteiger partial charge >= 0.3 is 0 Å². The first-order valence-electron chi connectivity index (χ1n) is 8.16. The van der Waals surface area contributed by atoms with Gasteiger partial charge in [0.1, 0.15) is 0 Å². The van der Waals surface area contributed by atoms with Gasteiger partial charge in [0.05, 0.1) is 6.10 Å². The lowest BCUT2D eigenvalue weighted by Gasteiger charge is -2.21. The number of likely N-dealkylation sites (tertiary alicyclic amines) is 1. The van der Waals surface area contributed by atoms with Crippen molar-refractivity contribution in [2.75, 3.05) is 27.2 Å². The smallest absolute Gasteiger partial charge is 0.187 e. The first-order valence-corrected chi connectivity index (χ1v) is 9.15. The van der Waals surface area contributed by atoms with Crippen LogP contribution in [0.2, 0.25) is 0 Å². The number of hydrogen-bond donors (Lipinski definition) is 1. The van der Waals surface area contributed by atoms with Gasteiger partial charge < -0.3 is 10.0 Å². The molecule has 1 aliphatic rings. The lowest BCUT2D eigenvalue weighted by molar-refractivity contribution is 0.112. The highest BCUT2D eigenvalue weighted by Gasteiger charge is 2.32. The number of aromatic nitrogens is 2. The van der Waals surface area contributed by atoms with Crippen LogP contribution in [0.25, 0.3) is 0 Å². The normalized spacial score (nSPS) is 21.5. The van der Waals surface area contributed by atoms with Crippen LogP contribution in [-0.2, 0) is 12.3 Å². The van der Waals surface area contributed by atoms with E-state index in [0.717, 1.165) is 29.6 Å². The average molecular weight is 344 g/mol. The molecule has 1 aliphatic heterocycles. The summed E-state index contributed by atoms with van der Waals surface area (Å²) < 4.78 is 0. The SMILES string of the molecule is CN(C)[C@H]1CN(Cc2cnc(SCc3ccccc3)nc2)C[C@@H]1O. The number of nitrogens with zero attached hydrogens (tertiary/aromatic N) is 4. The minimum absolute atomic E-state index is 0.201. The first kappa shape index (κ1) is 17.4. The number of aliphatic hydroxyl groups excluding tert-OH is 1. The molecule has 2 aromatic rings. The Morgan fingerprint density at radius 1 is 1.12 bits per heavy atom. The van der Waals surface area contributed by atoms with E-state index >= 15 is 0 Å². The molecule has 1 N–H and O–H groups in total. The summed E-state index contributed by atoms with van der Waals surface area (Å²) in [5.74, 6) is 0.878. The van der Waals surface area contributed by atoms with E-state index in [1.807, 2.05) is 44.7 Å². The van der Waals surface area contributed by atoms with Gasteiger partial charge in [-0.05, 0) is 19.7 Å². The van der Waals surface area contributed by atoms with E-state index in [4.69, 9.17) is 0 Å². The zero-order valence-corrected chi connectivity index (χ0v) is 15.0. The van der Waals surface area contributed by atoms with Crippen molar-refractivity contribution in [1.82, 2.24) is 19.8 Å². The third-order valence-electron chi connectivity index (χ3n) is 4.30. The number of aliphatic hydroxyl groups is 1. The molecule has 128 valence electrons. The Labute approximate surface area is 147 Å². The fraction of sp³-hybridized carbons (Fsp3) is 0.444. The fourth-order valence-corrected chi connectivity index (χ4v) is 3.71. The molecule has 0 saturated carbocycles. The lowest BCUT2D eigenvalue weighted by atomic mass is 10.2. The van der Waals surface area contributed by atoms with Gasteiger partial charge in [-0.3, -0.25) is 4.90 Å². The van der Waals surface area contributed by atoms with E-state index in [0.29, 0.717) is 6.54 Å². The molecule has 1 fully saturated rings. The van der Waals surface area contributed by atoms with E-state index in [2.05, 4.69) is 31.9 Å². The maximum Gasteiger partial charge on any atom is 0.187 e. The van der Waals surface area contributed by atoms with Crippen LogP contribution in [0.5, 0.6) is 0 Å². The quantitative estimate of drug-likeness (QED) is 0.638. The van der Waals surface area contributed by atoms with Gasteiger partial charge in [0.2, 0.25) is 0 Å². The van der Waals surface area contributed by atoms with E-state index in [-0.39, 0.29) is 12.1 Å². The van der Waals surface area contributed by atoms with Crippen molar-refractivity contribution in [2.45, 2.75) is 29.6 Å². The highest BCUT2D eigenvalue weighted by atomic mass is 32.2. The minimum Gasteiger partial charge on any atom is -0.390 e. The molecule has 1 aromatic heterocycles. The minimum atomic E-state index is -0.290. The number of thioether (sulfide) groups is 1. The van der Waals surface area contributed by atoms with Crippen LogP contribution >= 0.6 is 11.8 Å². The van der Waals surface area contributed by atoms with Crippen LogP contribution in [-0.4, -0.2) is 64.2 Å². The third kappa shape index (κ3) is 4.54. The molecule has 0 radical (unpaired) electrons. The Hall–Kier alpha value is -1.47. The molecule has 0 spiro atoms. The monoisotopic (exact) mass is 344 g/mol. The molecular weight excluding hydrogens is 320 g/mol. The number of benzene rings is 1. The Kier molecular flexibility index (Phi) is 5.84. The average Bonchev–Trinajstić information content (AvgIpc) is 2.96. The summed E-state index contributed by atoms with van der Waals surface area (Å²) in [5.41, 5.74) is 2.36. The summed E-state index contributed by atoms with van der Waals surface area (Å²) in [6.45, 7) is 2.36. The summed E-state index contributed by atoms with van der Waals surface area (Å²) in [7, 11) is 4.03. The molecule has 5 nitrogen and oxygen atoms in total. The molecule has 0 amide bonds. The highest BCUT2D eigenvalue weighted by Crippen LogP contribution is 2.20. The second kappa shape index (κ2) is 8.07. The summed E-state index contributed by atoms with van der Waals surface area (Å²) in [4.78, 5) is 13.3. The van der Waals surface area contributed by atoms with Gasteiger partial charge in [-0.1, -0.05) is 42.1 Å². The van der Waals surface area contributed by atoms with Crippen LogP contribution in [0.1, 0.15) is 11.1 Å². The van der Waals surface area contributed by atoms with Gasteiger partial charge in [-0.25, -0.2) is 9.97 Å². The van der Waals surface area contributed by atoms with Gasteiger partial charge in [0.25, 0.3) is 0 Å². The molecule has 6 heteroatoms. The van der Waals surface area contributed by atoms with E-state index in [9.17, 15) is 5.11 Å². The van der Waals surface area contributed by atoms with E-state index < -0.39 is 0 Å². The third-order valence-corrected chi connectivity index (χ3v) is 5.24. The van der Waals surface area contributed by atoms with Crippen molar-refractivity contribution >= 4 is 11.8 Å². The van der Waals surface area contributed by atoms with Gasteiger partial charge in [-0.2, -0.15) is 0 Å². The van der Waals surface area contributed by atoms with Crippen molar-refractivity contribution in [2.24, 2.45) is 0 Å². The molecule has 2 atom stereocenters. The predicted octanol–water partition coefficient (Wildman–Crippen LogP) is 1.88. The van der Waals surface area contributed by atoms with Gasteiger partial charge in [-0.15, -0.1) is 0 Å². The summed E-state index contributed by atoms with van der Waals surface area (Å²) in [6.07, 6.45) is 3.51. The summed E-state index contributed by atoms with van der Waals surface area (Å²) >= 11 is 1.65. The molecule has 0 bridgehead atoms. The molecule has 1 saturated heterocycles. The Balaban J connectivity index is 1.52. The highest BCUT2D eigenvalue weighted by molar-refractivity contribution is 7.98. The van der Waals surface area contributed by atoms with Crippen molar-refractivity contribution in [3.63, 3.8) is 0 Å². The van der Waals surface area contributed by atoms with Crippen LogP contribution in [0.15, 0.2) is 47.9 Å². The molecule has 24 heavy (non-hydrogen) atoms. The zero-order valence-electron chi connectivity index (χ0n) is 14.2. The second-order valence-corrected chi connectivity index (χ2v) is 7.38. The van der Waals surface area contributed by atoms with Crippen LogP contribution in [0.3, 0.4) is 0 Å². The molecule has 0 aliphatic carbocycles. The molecule has 2 heterocycles. The molecule has 0 unspecified atom stereocenters. The Morgan fingerprint density at radius 2 is 1.83 bits per heavy atom. The van der Waals surface area contributed by atoms with Gasteiger partial charge in [0, 0.05) is 49.4 Å². The number of hydrogen-bond acceptors (Lipinski definition) is 6. The number of β-amino-alcohol motifs (C(OH)–C–C–N with tert-alkyl or cyclic N) is 1. The van der Waals surface area contributed by atoms with Crippen LogP contribution in [0, 0.1) is 0 Å². The second-order valence-electron chi connectivity index (χ2n) is 6.44. The van der Waals surface area contributed by atoms with Crippen LogP contribution in [0.4, 0.5) is 0 Å². The summed E-state index contributed by atoms with van der Waals surface area (Å²) in [5, 5.41) is 10.9. The number of likely N-dealkylation sites (N-methyl/N-ethyl adjacent to an activating group) is 1. The standard InChI is InChI=1S/C18H24N4OS/c1-21(2)16-11-22(12-17(16)23)10-15-8-19-18(20-9-15)24-13-14-6-4-3-5-7-14/h3-9,16-17,23H,10-13H2,1-2H3/t16-,17-/m0/s1. The largest absolute Gasteiger partial charge is 0.390 e. The van der Waals surface area contributed by atoms with Crippen molar-refractivity contribution < 1.29 is 5.11 Å². The van der Waals surface area contributed by atoms with E-state index in [1.165, 1.54) is 5.56 Å². The van der Waals surface area contributed by atoms with Crippen molar-refractivity contribution in [3.05, 3.63) is 53.9 Å². The maximum atomic E-state index is 10.1. The summed E-state index contributed by atoms with van der Waals surface area (Å²) in [6, 6.07) is 10.5. The Bertz CT molecular complexity index is 635. The maximum absolute atomic E-state index is 10.1. The zero-order chi connectivity index (χ0) is 16.9. The van der Waals surface area contributed by atoms with Crippen molar-refractivity contribution in [3.8, 4) is 0 Å². The topological polar surface area (TPSA) is 52.5 Å². The molecule has 1 aromatic carbocycles. The molecular formula is C18H24N4OS. The lowest BCUT2D eigenvalue weighted by Crippen LogP contribution is -2.37. The van der Waals surface area contributed by atoms with Crippen molar-refractivity contribution in [1.29, 1.82) is 0 Å². The molecule has 3 rings (SSSR count). The number of rotatable bonds is 6. The van der Waals surface area contributed by atoms with Crippen LogP contribution < -0.4 is 0 Å². The fourth-order valence-electron chi connectivity index (χ4n) is 2.96. The van der Waals surface area contributed by atoms with Gasteiger partial charge in [0.15, 0.2) is 5.16 Å².